The van der Waals surface area contributed by atoms with E-state index < -0.39 is 11.2 Å². The Morgan fingerprint density at radius 3 is 2.46 bits per heavy atom. The number of aryl methyl sites for hydroxylation is 2. The Bertz CT molecular complexity index is 1380. The van der Waals surface area contributed by atoms with Gasteiger partial charge in [0.15, 0.2) is 0 Å². The van der Waals surface area contributed by atoms with Crippen molar-refractivity contribution in [1.82, 2.24) is 0 Å². The lowest BCUT2D eigenvalue weighted by molar-refractivity contribution is -0.117. The van der Waals surface area contributed by atoms with Crippen LogP contribution in [0.25, 0.3) is 0 Å². The van der Waals surface area contributed by atoms with Crippen LogP contribution in [0.3, 0.4) is 0 Å². The standard InChI is InChI=1S/C27H21Cl2N3O2S/c1-16-10-12-19(13-11-16)31-25(33)20(15-30)27-32(22-9-4-3-6-17(22)2)26(34)23(35-27)14-18-7-5-8-21(28)24(18)29/h3-13,23H,14H2,1-2H3,(H,31,33)/b27-20-/t23-/m0/s1. The van der Waals surface area contributed by atoms with Crippen molar-refractivity contribution in [2.24, 2.45) is 0 Å². The molecule has 0 saturated carbocycles. The van der Waals surface area contributed by atoms with Crippen molar-refractivity contribution < 1.29 is 9.59 Å². The lowest BCUT2D eigenvalue weighted by atomic mass is 10.1. The zero-order valence-electron chi connectivity index (χ0n) is 19.0. The Morgan fingerprint density at radius 1 is 1.06 bits per heavy atom. The lowest BCUT2D eigenvalue weighted by Crippen LogP contribution is -2.31. The molecule has 0 aromatic heterocycles. The van der Waals surface area contributed by atoms with E-state index in [4.69, 9.17) is 23.2 Å². The summed E-state index contributed by atoms with van der Waals surface area (Å²) in [5, 5.41) is 13.3. The van der Waals surface area contributed by atoms with Crippen molar-refractivity contribution in [1.29, 1.82) is 5.26 Å². The molecule has 0 bridgehead atoms. The van der Waals surface area contributed by atoms with Gasteiger partial charge in [0.05, 0.1) is 21.0 Å². The third kappa shape index (κ3) is 5.23. The zero-order valence-corrected chi connectivity index (χ0v) is 21.3. The molecule has 0 unspecified atom stereocenters. The second kappa shape index (κ2) is 10.6. The number of hydrogen-bond acceptors (Lipinski definition) is 4. The van der Waals surface area contributed by atoms with Crippen LogP contribution >= 0.6 is 35.0 Å². The normalized spacial score (nSPS) is 16.7. The van der Waals surface area contributed by atoms with Crippen LogP contribution in [-0.4, -0.2) is 17.1 Å². The first-order valence-corrected chi connectivity index (χ1v) is 12.4. The van der Waals surface area contributed by atoms with Gasteiger partial charge in [-0.05, 0) is 55.7 Å². The Hall–Kier alpha value is -3.24. The smallest absolute Gasteiger partial charge is 0.269 e. The molecule has 0 aliphatic carbocycles. The number of carbonyl (C=O) groups is 2. The number of para-hydroxylation sites is 1. The molecular weight excluding hydrogens is 501 g/mol. The van der Waals surface area contributed by atoms with Gasteiger partial charge in [0.1, 0.15) is 16.7 Å². The van der Waals surface area contributed by atoms with Gasteiger partial charge >= 0.3 is 0 Å². The van der Waals surface area contributed by atoms with Gasteiger partial charge in [-0.1, -0.05) is 83.0 Å². The molecular formula is C27H21Cl2N3O2S. The summed E-state index contributed by atoms with van der Waals surface area (Å²) in [5.74, 6) is -0.807. The first-order chi connectivity index (χ1) is 16.8. The highest BCUT2D eigenvalue weighted by Crippen LogP contribution is 2.43. The van der Waals surface area contributed by atoms with Gasteiger partial charge in [-0.25, -0.2) is 0 Å². The molecule has 8 heteroatoms. The molecule has 1 heterocycles. The van der Waals surface area contributed by atoms with Crippen LogP contribution < -0.4 is 10.2 Å². The molecule has 1 atom stereocenters. The highest BCUT2D eigenvalue weighted by Gasteiger charge is 2.41. The largest absolute Gasteiger partial charge is 0.321 e. The summed E-state index contributed by atoms with van der Waals surface area (Å²) >= 11 is 13.7. The van der Waals surface area contributed by atoms with E-state index in [0.717, 1.165) is 16.7 Å². The maximum absolute atomic E-state index is 13.7. The van der Waals surface area contributed by atoms with E-state index in [2.05, 4.69) is 5.32 Å². The van der Waals surface area contributed by atoms with Gasteiger partial charge in [-0.15, -0.1) is 0 Å². The average molecular weight is 522 g/mol. The molecule has 1 aliphatic heterocycles. The number of nitrogens with one attached hydrogen (secondary N) is 1. The van der Waals surface area contributed by atoms with E-state index >= 15 is 0 Å². The molecule has 1 N–H and O–H groups in total. The van der Waals surface area contributed by atoms with E-state index in [9.17, 15) is 14.9 Å². The highest BCUT2D eigenvalue weighted by molar-refractivity contribution is 8.05. The summed E-state index contributed by atoms with van der Waals surface area (Å²) in [7, 11) is 0. The van der Waals surface area contributed by atoms with Gasteiger partial charge in [-0.3, -0.25) is 14.5 Å². The number of rotatable bonds is 5. The molecule has 176 valence electrons. The van der Waals surface area contributed by atoms with Gasteiger partial charge in [-0.2, -0.15) is 5.26 Å². The first kappa shape index (κ1) is 24.9. The van der Waals surface area contributed by atoms with Crippen molar-refractivity contribution in [3.8, 4) is 6.07 Å². The fraction of sp³-hybridized carbons (Fsp3) is 0.148. The minimum absolute atomic E-state index is 0.133. The van der Waals surface area contributed by atoms with Crippen molar-refractivity contribution in [2.45, 2.75) is 25.5 Å². The number of carbonyl (C=O) groups excluding carboxylic acids is 2. The number of benzene rings is 3. The predicted molar refractivity (Wildman–Crippen MR) is 143 cm³/mol. The molecule has 1 fully saturated rings. The summed E-state index contributed by atoms with van der Waals surface area (Å²) in [4.78, 5) is 28.3. The van der Waals surface area contributed by atoms with Crippen molar-refractivity contribution in [2.75, 3.05) is 10.2 Å². The van der Waals surface area contributed by atoms with Gasteiger partial charge in [0.25, 0.3) is 5.91 Å². The number of amides is 2. The number of nitriles is 1. The molecule has 5 nitrogen and oxygen atoms in total. The summed E-state index contributed by atoms with van der Waals surface area (Å²) in [6, 6.07) is 21.9. The minimum Gasteiger partial charge on any atom is -0.321 e. The monoisotopic (exact) mass is 521 g/mol. The second-order valence-electron chi connectivity index (χ2n) is 8.10. The number of anilines is 2. The second-order valence-corrected chi connectivity index (χ2v) is 10.1. The SMILES string of the molecule is Cc1ccc(NC(=O)/C(C#N)=C2\S[C@@H](Cc3cccc(Cl)c3Cl)C(=O)N2c2ccccc2C)cc1. The average Bonchev–Trinajstić information content (AvgIpc) is 3.14. The van der Waals surface area contributed by atoms with Crippen LogP contribution in [0.15, 0.2) is 77.3 Å². The summed E-state index contributed by atoms with van der Waals surface area (Å²) in [5.41, 5.74) is 3.66. The van der Waals surface area contributed by atoms with E-state index in [-0.39, 0.29) is 11.5 Å². The number of nitrogens with zero attached hydrogens (tertiary/aromatic N) is 2. The minimum atomic E-state index is -0.587. The molecule has 2 amide bonds. The fourth-order valence-corrected chi connectivity index (χ4v) is 5.44. The molecule has 35 heavy (non-hydrogen) atoms. The zero-order chi connectivity index (χ0) is 25.1. The maximum Gasteiger partial charge on any atom is 0.269 e. The molecule has 4 rings (SSSR count). The van der Waals surface area contributed by atoms with Crippen LogP contribution in [0.5, 0.6) is 0 Å². The predicted octanol–water partition coefficient (Wildman–Crippen LogP) is 6.68. The molecule has 3 aromatic rings. The Morgan fingerprint density at radius 2 is 1.77 bits per heavy atom. The van der Waals surface area contributed by atoms with Crippen LogP contribution in [0, 0.1) is 25.2 Å². The molecule has 0 spiro atoms. The van der Waals surface area contributed by atoms with E-state index in [0.29, 0.717) is 32.9 Å². The van der Waals surface area contributed by atoms with E-state index in [1.807, 2.05) is 56.3 Å². The number of halogens is 2. The van der Waals surface area contributed by atoms with Crippen LogP contribution in [0.2, 0.25) is 10.0 Å². The van der Waals surface area contributed by atoms with Crippen molar-refractivity contribution in [3.05, 3.63) is 104 Å². The Labute approximate surface area is 218 Å². The molecule has 0 radical (unpaired) electrons. The number of hydrogen-bond donors (Lipinski definition) is 1. The van der Waals surface area contributed by atoms with Crippen molar-refractivity contribution in [3.63, 3.8) is 0 Å². The summed E-state index contributed by atoms with van der Waals surface area (Å²) < 4.78 is 0. The van der Waals surface area contributed by atoms with Crippen molar-refractivity contribution >= 4 is 58.2 Å². The lowest BCUT2D eigenvalue weighted by Gasteiger charge is -2.20. The maximum atomic E-state index is 13.7. The fourth-order valence-electron chi connectivity index (χ4n) is 3.76. The highest BCUT2D eigenvalue weighted by atomic mass is 35.5. The Kier molecular flexibility index (Phi) is 7.51. The quantitative estimate of drug-likeness (QED) is 0.300. The molecule has 1 saturated heterocycles. The van der Waals surface area contributed by atoms with Crippen LogP contribution in [0.1, 0.15) is 16.7 Å². The first-order valence-electron chi connectivity index (χ1n) is 10.8. The number of thioether (sulfide) groups is 1. The molecule has 1 aliphatic rings. The van der Waals surface area contributed by atoms with Crippen LogP contribution in [-0.2, 0) is 16.0 Å². The van der Waals surface area contributed by atoms with E-state index in [1.54, 1.807) is 30.3 Å². The van der Waals surface area contributed by atoms with Crippen LogP contribution in [0.4, 0.5) is 11.4 Å². The Balaban J connectivity index is 1.76. The third-order valence-electron chi connectivity index (χ3n) is 5.61. The summed E-state index contributed by atoms with van der Waals surface area (Å²) in [6.07, 6.45) is 0.299. The third-order valence-corrected chi connectivity index (χ3v) is 7.73. The van der Waals surface area contributed by atoms with Gasteiger partial charge in [0, 0.05) is 5.69 Å². The molecule has 3 aromatic carbocycles. The topological polar surface area (TPSA) is 73.2 Å². The van der Waals surface area contributed by atoms with Gasteiger partial charge in [0.2, 0.25) is 5.91 Å². The van der Waals surface area contributed by atoms with Gasteiger partial charge < -0.3 is 5.32 Å². The van der Waals surface area contributed by atoms with E-state index in [1.165, 1.54) is 16.7 Å². The summed E-state index contributed by atoms with van der Waals surface area (Å²) in [6.45, 7) is 3.83.